The number of ether oxygens (including phenoxy) is 2. The molecular formula is C32H50N6O4Si. The summed E-state index contributed by atoms with van der Waals surface area (Å²) < 4.78 is 13.6. The van der Waals surface area contributed by atoms with Gasteiger partial charge in [-0.3, -0.25) is 14.3 Å². The minimum absolute atomic E-state index is 0.0111. The number of pyridine rings is 1. The first-order valence-electron chi connectivity index (χ1n) is 16.1. The number of nitrogens with zero attached hydrogens (tertiary/aromatic N) is 4. The largest absolute Gasteiger partial charge is 0.381 e. The van der Waals surface area contributed by atoms with Crippen LogP contribution in [0.2, 0.25) is 25.7 Å². The number of aromatic nitrogens is 3. The van der Waals surface area contributed by atoms with Crippen LogP contribution >= 0.6 is 0 Å². The summed E-state index contributed by atoms with van der Waals surface area (Å²) in [6, 6.07) is 4.16. The van der Waals surface area contributed by atoms with E-state index >= 15 is 0 Å². The van der Waals surface area contributed by atoms with Crippen molar-refractivity contribution in [2.75, 3.05) is 43.3 Å². The van der Waals surface area contributed by atoms with Gasteiger partial charge in [-0.25, -0.2) is 4.98 Å². The molecule has 5 rings (SSSR count). The molecule has 0 bridgehead atoms. The molecule has 2 aliphatic heterocycles. The van der Waals surface area contributed by atoms with Crippen LogP contribution in [-0.2, 0) is 26.2 Å². The van der Waals surface area contributed by atoms with E-state index < -0.39 is 14.1 Å². The number of anilines is 2. The second kappa shape index (κ2) is 13.5. The van der Waals surface area contributed by atoms with Crippen LogP contribution in [0.5, 0.6) is 0 Å². The van der Waals surface area contributed by atoms with Gasteiger partial charge >= 0.3 is 0 Å². The van der Waals surface area contributed by atoms with E-state index in [2.05, 4.69) is 47.2 Å². The quantitative estimate of drug-likeness (QED) is 0.271. The SMILES string of the molecule is CCn1nccc1C(=O)NC(C(=O)Nc1cc2c(cn1)C1(CCOCC1)CN2COCC[Si](C)(C)C)C1CCC(C)CC1. The molecule has 3 aliphatic rings. The van der Waals surface area contributed by atoms with E-state index in [9.17, 15) is 9.59 Å². The summed E-state index contributed by atoms with van der Waals surface area (Å²) in [5.41, 5.74) is 2.73. The number of fused-ring (bicyclic) bond motifs is 2. The van der Waals surface area contributed by atoms with Crippen molar-refractivity contribution < 1.29 is 19.1 Å². The number of nitrogens with one attached hydrogen (secondary N) is 2. The maximum Gasteiger partial charge on any atom is 0.270 e. The standard InChI is InChI=1S/C32H50N6O4Si/c1-6-38-26(11-14-34-38)30(39)36-29(24-9-7-23(2)8-10-24)31(40)35-28-19-27-25(20-33-28)32(12-15-41-16-13-32)21-37(27)22-42-17-18-43(3,4)5/h11,14,19-20,23-24,29H,6-10,12-13,15-18,21-22H2,1-5H3,(H,36,39)(H,33,35,40). The summed E-state index contributed by atoms with van der Waals surface area (Å²) >= 11 is 0. The smallest absolute Gasteiger partial charge is 0.270 e. The molecule has 236 valence electrons. The first-order valence-corrected chi connectivity index (χ1v) is 19.8. The molecule has 4 heterocycles. The van der Waals surface area contributed by atoms with Gasteiger partial charge in [0.15, 0.2) is 0 Å². The number of aryl methyl sites for hydroxylation is 1. The number of amides is 2. The monoisotopic (exact) mass is 610 g/mol. The molecule has 11 heteroatoms. The number of rotatable bonds is 11. The lowest BCUT2D eigenvalue weighted by Gasteiger charge is -2.34. The Morgan fingerprint density at radius 2 is 1.93 bits per heavy atom. The van der Waals surface area contributed by atoms with Gasteiger partial charge in [0, 0.05) is 76.1 Å². The third kappa shape index (κ3) is 7.49. The molecule has 2 fully saturated rings. The van der Waals surface area contributed by atoms with Gasteiger partial charge in [0.1, 0.15) is 24.3 Å². The Bertz CT molecular complexity index is 1260. The van der Waals surface area contributed by atoms with Gasteiger partial charge in [-0.2, -0.15) is 5.10 Å². The molecule has 2 N–H and O–H groups in total. The first-order chi connectivity index (χ1) is 20.6. The third-order valence-electron chi connectivity index (χ3n) is 9.58. The van der Waals surface area contributed by atoms with Crippen molar-refractivity contribution >= 4 is 31.4 Å². The molecule has 0 radical (unpaired) electrons. The van der Waals surface area contributed by atoms with Gasteiger partial charge < -0.3 is 25.0 Å². The van der Waals surface area contributed by atoms with Gasteiger partial charge in [-0.15, -0.1) is 0 Å². The fourth-order valence-electron chi connectivity index (χ4n) is 6.79. The zero-order chi connectivity index (χ0) is 30.6. The van der Waals surface area contributed by atoms with Crippen molar-refractivity contribution in [1.29, 1.82) is 0 Å². The highest BCUT2D eigenvalue weighted by Crippen LogP contribution is 2.47. The normalized spacial score (nSPS) is 22.3. The molecule has 1 aliphatic carbocycles. The fourth-order valence-corrected chi connectivity index (χ4v) is 7.55. The number of hydrogen-bond acceptors (Lipinski definition) is 7. The topological polar surface area (TPSA) is 111 Å². The second-order valence-electron chi connectivity index (χ2n) is 14.0. The Morgan fingerprint density at radius 1 is 1.19 bits per heavy atom. The minimum Gasteiger partial charge on any atom is -0.381 e. The number of carbonyl (C=O) groups is 2. The van der Waals surface area contributed by atoms with E-state index in [1.807, 2.05) is 19.2 Å². The Labute approximate surface area is 257 Å². The highest BCUT2D eigenvalue weighted by atomic mass is 28.3. The number of hydrogen-bond donors (Lipinski definition) is 2. The van der Waals surface area contributed by atoms with Crippen molar-refractivity contribution in [1.82, 2.24) is 20.1 Å². The fraction of sp³-hybridized carbons (Fsp3) is 0.688. The Morgan fingerprint density at radius 3 is 2.63 bits per heavy atom. The van der Waals surface area contributed by atoms with E-state index in [4.69, 9.17) is 14.5 Å². The van der Waals surface area contributed by atoms with Crippen LogP contribution in [0.3, 0.4) is 0 Å². The molecule has 10 nitrogen and oxygen atoms in total. The summed E-state index contributed by atoms with van der Waals surface area (Å²) in [7, 11) is -1.19. The van der Waals surface area contributed by atoms with E-state index in [-0.39, 0.29) is 23.1 Å². The summed E-state index contributed by atoms with van der Waals surface area (Å²) in [4.78, 5) is 34.3. The second-order valence-corrected chi connectivity index (χ2v) is 19.6. The van der Waals surface area contributed by atoms with Crippen molar-refractivity contribution in [2.45, 2.75) is 96.1 Å². The third-order valence-corrected chi connectivity index (χ3v) is 11.3. The number of carbonyl (C=O) groups excluding carboxylic acids is 2. The Kier molecular flexibility index (Phi) is 9.92. The molecule has 1 saturated carbocycles. The van der Waals surface area contributed by atoms with E-state index in [0.717, 1.165) is 76.6 Å². The van der Waals surface area contributed by atoms with Crippen LogP contribution in [0.25, 0.3) is 0 Å². The molecule has 2 aromatic rings. The van der Waals surface area contributed by atoms with Crippen LogP contribution in [0.15, 0.2) is 24.5 Å². The zero-order valence-electron chi connectivity index (χ0n) is 26.7. The van der Waals surface area contributed by atoms with Gasteiger partial charge in [0.2, 0.25) is 5.91 Å². The van der Waals surface area contributed by atoms with Crippen LogP contribution in [0.4, 0.5) is 11.5 Å². The van der Waals surface area contributed by atoms with Crippen molar-refractivity contribution in [3.63, 3.8) is 0 Å². The summed E-state index contributed by atoms with van der Waals surface area (Å²) in [5, 5.41) is 10.4. The van der Waals surface area contributed by atoms with E-state index in [0.29, 0.717) is 30.7 Å². The molecule has 0 aromatic carbocycles. The van der Waals surface area contributed by atoms with Crippen LogP contribution in [0, 0.1) is 11.8 Å². The summed E-state index contributed by atoms with van der Waals surface area (Å²) in [6.45, 7) is 15.5. The maximum absolute atomic E-state index is 13.9. The first kappa shape index (κ1) is 31.7. The van der Waals surface area contributed by atoms with Crippen LogP contribution in [0.1, 0.15) is 68.4 Å². The lowest BCUT2D eigenvalue weighted by atomic mass is 9.76. The zero-order valence-corrected chi connectivity index (χ0v) is 27.7. The highest BCUT2D eigenvalue weighted by molar-refractivity contribution is 6.76. The average Bonchev–Trinajstić information content (AvgIpc) is 3.57. The molecule has 2 amide bonds. The Hall–Kier alpha value is -2.76. The predicted molar refractivity (Wildman–Crippen MR) is 171 cm³/mol. The van der Waals surface area contributed by atoms with Crippen LogP contribution < -0.4 is 15.5 Å². The summed E-state index contributed by atoms with van der Waals surface area (Å²) in [5.74, 6) is 0.700. The highest BCUT2D eigenvalue weighted by Gasteiger charge is 2.44. The van der Waals surface area contributed by atoms with Gasteiger partial charge in [-0.1, -0.05) is 39.4 Å². The molecular weight excluding hydrogens is 560 g/mol. The Balaban J connectivity index is 1.35. The van der Waals surface area contributed by atoms with Crippen molar-refractivity contribution in [2.24, 2.45) is 11.8 Å². The maximum atomic E-state index is 13.9. The molecule has 43 heavy (non-hydrogen) atoms. The molecule has 1 atom stereocenters. The van der Waals surface area contributed by atoms with Crippen LogP contribution in [-0.4, -0.2) is 73.8 Å². The van der Waals surface area contributed by atoms with Crippen molar-refractivity contribution in [3.05, 3.63) is 35.8 Å². The van der Waals surface area contributed by atoms with Gasteiger partial charge in [0.05, 0.1) is 0 Å². The van der Waals surface area contributed by atoms with Gasteiger partial charge in [-0.05, 0) is 56.6 Å². The molecule has 1 spiro atoms. The van der Waals surface area contributed by atoms with Crippen molar-refractivity contribution in [3.8, 4) is 0 Å². The minimum atomic E-state index is -1.19. The van der Waals surface area contributed by atoms with E-state index in [1.165, 1.54) is 5.56 Å². The van der Waals surface area contributed by atoms with Gasteiger partial charge in [0.25, 0.3) is 5.91 Å². The lowest BCUT2D eigenvalue weighted by Crippen LogP contribution is -2.49. The predicted octanol–water partition coefficient (Wildman–Crippen LogP) is 5.04. The van der Waals surface area contributed by atoms with E-state index in [1.54, 1.807) is 16.9 Å². The molecule has 2 aromatic heterocycles. The lowest BCUT2D eigenvalue weighted by molar-refractivity contribution is -0.119. The average molecular weight is 611 g/mol. The molecule has 1 unspecified atom stereocenters. The molecule has 1 saturated heterocycles. The summed E-state index contributed by atoms with van der Waals surface area (Å²) in [6.07, 6.45) is 9.35.